The molecule has 3 aromatic heterocycles. The summed E-state index contributed by atoms with van der Waals surface area (Å²) in [6, 6.07) is 2.45. The third kappa shape index (κ3) is 4.34. The van der Waals surface area contributed by atoms with Crippen molar-refractivity contribution in [3.05, 3.63) is 63.3 Å². The summed E-state index contributed by atoms with van der Waals surface area (Å²) in [5, 5.41) is 11.9. The highest BCUT2D eigenvalue weighted by molar-refractivity contribution is 7.13. The van der Waals surface area contributed by atoms with Crippen molar-refractivity contribution in [1.82, 2.24) is 24.6 Å². The Kier molecular flexibility index (Phi) is 5.69. The standard InChI is InChI=1S/C18H20N6O3S/c1-11(14-8-20-23(3)12(14)2)21-17(27)13-4-5-16(26)24(9-13)10-15(25)22-18-19-6-7-28-18/h4-9,11H,10H2,1-3H3,(H,21,27)(H,19,22,25)/t11-/m0/s1. The van der Waals surface area contributed by atoms with Crippen molar-refractivity contribution < 1.29 is 9.59 Å². The van der Waals surface area contributed by atoms with Crippen LogP contribution in [-0.2, 0) is 18.4 Å². The van der Waals surface area contributed by atoms with Gasteiger partial charge < -0.3 is 15.2 Å². The normalized spacial score (nSPS) is 11.8. The number of aryl methyl sites for hydroxylation is 1. The van der Waals surface area contributed by atoms with Crippen molar-refractivity contribution in [3.8, 4) is 0 Å². The predicted octanol–water partition coefficient (Wildman–Crippen LogP) is 1.48. The Bertz CT molecular complexity index is 1050. The lowest BCUT2D eigenvalue weighted by Gasteiger charge is -2.14. The molecule has 0 bridgehead atoms. The van der Waals surface area contributed by atoms with E-state index >= 15 is 0 Å². The Morgan fingerprint density at radius 2 is 2.11 bits per heavy atom. The van der Waals surface area contributed by atoms with Crippen LogP contribution >= 0.6 is 11.3 Å². The molecule has 9 nitrogen and oxygen atoms in total. The molecule has 3 rings (SSSR count). The van der Waals surface area contributed by atoms with Crippen LogP contribution in [-0.4, -0.2) is 31.1 Å². The van der Waals surface area contributed by atoms with Gasteiger partial charge in [-0.25, -0.2) is 4.98 Å². The zero-order chi connectivity index (χ0) is 20.3. The number of anilines is 1. The summed E-state index contributed by atoms with van der Waals surface area (Å²) in [4.78, 5) is 40.7. The van der Waals surface area contributed by atoms with E-state index < -0.39 is 5.91 Å². The number of amides is 2. The molecule has 2 N–H and O–H groups in total. The summed E-state index contributed by atoms with van der Waals surface area (Å²) in [5.74, 6) is -0.737. The monoisotopic (exact) mass is 400 g/mol. The van der Waals surface area contributed by atoms with Gasteiger partial charge in [-0.05, 0) is 19.9 Å². The molecule has 0 unspecified atom stereocenters. The Balaban J connectivity index is 1.71. The van der Waals surface area contributed by atoms with E-state index in [1.54, 1.807) is 22.5 Å². The number of carbonyl (C=O) groups excluding carboxylic acids is 2. The average Bonchev–Trinajstić information content (AvgIpc) is 3.27. The van der Waals surface area contributed by atoms with Gasteiger partial charge in [-0.3, -0.25) is 19.1 Å². The minimum atomic E-state index is -0.394. The lowest BCUT2D eigenvalue weighted by atomic mass is 10.1. The Morgan fingerprint density at radius 1 is 1.32 bits per heavy atom. The molecule has 146 valence electrons. The molecule has 0 aromatic carbocycles. The summed E-state index contributed by atoms with van der Waals surface area (Å²) in [6.07, 6.45) is 4.66. The first-order chi connectivity index (χ1) is 13.3. The van der Waals surface area contributed by atoms with Gasteiger partial charge in [0.25, 0.3) is 11.5 Å². The zero-order valence-electron chi connectivity index (χ0n) is 15.7. The number of hydrogen-bond donors (Lipinski definition) is 2. The number of rotatable bonds is 6. The number of hydrogen-bond acceptors (Lipinski definition) is 6. The maximum atomic E-state index is 12.6. The Labute approximate surface area is 165 Å². The molecule has 3 aromatic rings. The molecule has 0 fully saturated rings. The fourth-order valence-corrected chi connectivity index (χ4v) is 3.23. The number of carbonyl (C=O) groups is 2. The maximum absolute atomic E-state index is 12.6. The molecule has 28 heavy (non-hydrogen) atoms. The van der Waals surface area contributed by atoms with Crippen molar-refractivity contribution in [2.24, 2.45) is 7.05 Å². The maximum Gasteiger partial charge on any atom is 0.253 e. The van der Waals surface area contributed by atoms with Gasteiger partial charge in [-0.2, -0.15) is 5.10 Å². The fraction of sp³-hybridized carbons (Fsp3) is 0.278. The molecule has 0 aliphatic rings. The van der Waals surface area contributed by atoms with Crippen LogP contribution in [0.25, 0.3) is 0 Å². The van der Waals surface area contributed by atoms with Crippen molar-refractivity contribution >= 4 is 28.3 Å². The van der Waals surface area contributed by atoms with Crippen LogP contribution in [0.2, 0.25) is 0 Å². The highest BCUT2D eigenvalue weighted by atomic mass is 32.1. The van der Waals surface area contributed by atoms with Crippen LogP contribution in [0.4, 0.5) is 5.13 Å². The van der Waals surface area contributed by atoms with Crippen LogP contribution in [0, 0.1) is 6.92 Å². The van der Waals surface area contributed by atoms with Gasteiger partial charge in [-0.1, -0.05) is 0 Å². The molecular formula is C18H20N6O3S. The van der Waals surface area contributed by atoms with Crippen molar-refractivity contribution in [1.29, 1.82) is 0 Å². The van der Waals surface area contributed by atoms with E-state index in [0.29, 0.717) is 5.13 Å². The molecule has 0 aliphatic heterocycles. The average molecular weight is 400 g/mol. The first-order valence-electron chi connectivity index (χ1n) is 8.54. The van der Waals surface area contributed by atoms with E-state index in [1.165, 1.54) is 34.2 Å². The van der Waals surface area contributed by atoms with Crippen molar-refractivity contribution in [2.75, 3.05) is 5.32 Å². The fourth-order valence-electron chi connectivity index (χ4n) is 2.69. The van der Waals surface area contributed by atoms with E-state index in [4.69, 9.17) is 0 Å². The molecular weight excluding hydrogens is 380 g/mol. The smallest absolute Gasteiger partial charge is 0.253 e. The van der Waals surface area contributed by atoms with Gasteiger partial charge in [-0.15, -0.1) is 11.3 Å². The van der Waals surface area contributed by atoms with Gasteiger partial charge >= 0.3 is 0 Å². The van der Waals surface area contributed by atoms with Gasteiger partial charge in [0.15, 0.2) is 5.13 Å². The molecule has 0 saturated carbocycles. The molecule has 0 aliphatic carbocycles. The largest absolute Gasteiger partial charge is 0.345 e. The zero-order valence-corrected chi connectivity index (χ0v) is 16.5. The Morgan fingerprint density at radius 3 is 2.75 bits per heavy atom. The number of pyridine rings is 1. The Hall–Kier alpha value is -3.27. The van der Waals surface area contributed by atoms with Gasteiger partial charge in [0.2, 0.25) is 5.91 Å². The van der Waals surface area contributed by atoms with Crippen LogP contribution < -0.4 is 16.2 Å². The topological polar surface area (TPSA) is 111 Å². The van der Waals surface area contributed by atoms with Gasteiger partial charge in [0.05, 0.1) is 17.8 Å². The quantitative estimate of drug-likeness (QED) is 0.651. The summed E-state index contributed by atoms with van der Waals surface area (Å²) < 4.78 is 2.93. The third-order valence-corrected chi connectivity index (χ3v) is 5.01. The molecule has 0 spiro atoms. The molecule has 1 atom stereocenters. The van der Waals surface area contributed by atoms with E-state index in [9.17, 15) is 14.4 Å². The van der Waals surface area contributed by atoms with E-state index in [2.05, 4.69) is 20.7 Å². The summed E-state index contributed by atoms with van der Waals surface area (Å²) in [6.45, 7) is 3.57. The highest BCUT2D eigenvalue weighted by Crippen LogP contribution is 2.16. The third-order valence-electron chi connectivity index (χ3n) is 4.33. The van der Waals surface area contributed by atoms with Crippen molar-refractivity contribution in [3.63, 3.8) is 0 Å². The molecule has 3 heterocycles. The van der Waals surface area contributed by atoms with Crippen LogP contribution in [0.5, 0.6) is 0 Å². The van der Waals surface area contributed by atoms with Crippen LogP contribution in [0.3, 0.4) is 0 Å². The van der Waals surface area contributed by atoms with Crippen molar-refractivity contribution in [2.45, 2.75) is 26.4 Å². The molecule has 0 radical (unpaired) electrons. The number of thiazole rings is 1. The lowest BCUT2D eigenvalue weighted by Crippen LogP contribution is -2.31. The van der Waals surface area contributed by atoms with E-state index in [0.717, 1.165) is 11.3 Å². The second-order valence-corrected chi connectivity index (χ2v) is 7.17. The second-order valence-electron chi connectivity index (χ2n) is 6.27. The predicted molar refractivity (Wildman–Crippen MR) is 105 cm³/mol. The summed E-state index contributed by atoms with van der Waals surface area (Å²) in [7, 11) is 1.83. The first-order valence-corrected chi connectivity index (χ1v) is 9.42. The second kappa shape index (κ2) is 8.17. The van der Waals surface area contributed by atoms with Gasteiger partial charge in [0.1, 0.15) is 6.54 Å². The van der Waals surface area contributed by atoms with Crippen LogP contribution in [0.1, 0.15) is 34.6 Å². The lowest BCUT2D eigenvalue weighted by molar-refractivity contribution is -0.116. The molecule has 10 heteroatoms. The molecule has 2 amide bonds. The van der Waals surface area contributed by atoms with Gasteiger partial charge in [0, 0.05) is 42.1 Å². The minimum absolute atomic E-state index is 0.212. The summed E-state index contributed by atoms with van der Waals surface area (Å²) in [5.41, 5.74) is 1.78. The minimum Gasteiger partial charge on any atom is -0.345 e. The highest BCUT2D eigenvalue weighted by Gasteiger charge is 2.17. The van der Waals surface area contributed by atoms with E-state index in [1.807, 2.05) is 20.9 Å². The summed E-state index contributed by atoms with van der Waals surface area (Å²) >= 11 is 1.28. The number of aromatic nitrogens is 4. The number of nitrogens with zero attached hydrogens (tertiary/aromatic N) is 4. The SMILES string of the molecule is Cc1c([C@H](C)NC(=O)c2ccc(=O)n(CC(=O)Nc3nccs3)c2)cnn1C. The first kappa shape index (κ1) is 19.5. The van der Waals surface area contributed by atoms with Crippen LogP contribution in [0.15, 0.2) is 40.9 Å². The molecule has 0 saturated heterocycles. The number of nitrogens with one attached hydrogen (secondary N) is 2. The van der Waals surface area contributed by atoms with E-state index in [-0.39, 0.29) is 29.6 Å².